The summed E-state index contributed by atoms with van der Waals surface area (Å²) in [4.78, 5) is 33.1. The summed E-state index contributed by atoms with van der Waals surface area (Å²) in [5, 5.41) is 11.4. The molecule has 2 amide bonds. The molecule has 4 rings (SSSR count). The SMILES string of the molecule is CC(C)CCNC(=O)[C@@H](c1cccnc1)N(Cc1ccccc1)C(=O)Cn1nnc2ccccc21. The highest BCUT2D eigenvalue weighted by molar-refractivity contribution is 5.89. The molecule has 1 atom stereocenters. The lowest BCUT2D eigenvalue weighted by Gasteiger charge is -2.31. The summed E-state index contributed by atoms with van der Waals surface area (Å²) in [5.41, 5.74) is 3.06. The Bertz CT molecular complexity index is 1260. The van der Waals surface area contributed by atoms with E-state index in [1.165, 1.54) is 0 Å². The molecule has 2 aromatic carbocycles. The molecule has 0 aliphatic carbocycles. The third kappa shape index (κ3) is 6.09. The third-order valence-corrected chi connectivity index (χ3v) is 5.80. The van der Waals surface area contributed by atoms with Gasteiger partial charge < -0.3 is 10.2 Å². The van der Waals surface area contributed by atoms with Gasteiger partial charge in [-0.3, -0.25) is 14.6 Å². The van der Waals surface area contributed by atoms with Crippen molar-refractivity contribution in [3.05, 3.63) is 90.3 Å². The highest BCUT2D eigenvalue weighted by Gasteiger charge is 2.32. The number of benzene rings is 2. The van der Waals surface area contributed by atoms with E-state index in [4.69, 9.17) is 0 Å². The number of pyridine rings is 1. The van der Waals surface area contributed by atoms with E-state index in [0.29, 0.717) is 23.5 Å². The maximum absolute atomic E-state index is 13.8. The van der Waals surface area contributed by atoms with E-state index < -0.39 is 6.04 Å². The molecule has 1 N–H and O–H groups in total. The van der Waals surface area contributed by atoms with Crippen LogP contribution in [0.4, 0.5) is 0 Å². The molecule has 8 heteroatoms. The van der Waals surface area contributed by atoms with Gasteiger partial charge in [-0.15, -0.1) is 5.10 Å². The molecular weight excluding hydrogens is 440 g/mol. The minimum Gasteiger partial charge on any atom is -0.354 e. The maximum atomic E-state index is 13.8. The van der Waals surface area contributed by atoms with Crippen LogP contribution in [0.2, 0.25) is 0 Å². The Kier molecular flexibility index (Phi) is 7.82. The molecule has 4 aromatic rings. The van der Waals surface area contributed by atoms with Crippen molar-refractivity contribution < 1.29 is 9.59 Å². The number of rotatable bonds is 10. The van der Waals surface area contributed by atoms with Gasteiger partial charge in [0, 0.05) is 31.0 Å². The second-order valence-corrected chi connectivity index (χ2v) is 8.91. The topological polar surface area (TPSA) is 93.0 Å². The predicted octanol–water partition coefficient (Wildman–Crippen LogP) is 3.76. The molecule has 35 heavy (non-hydrogen) atoms. The lowest BCUT2D eigenvalue weighted by Crippen LogP contribution is -2.45. The zero-order valence-corrected chi connectivity index (χ0v) is 20.0. The van der Waals surface area contributed by atoms with Gasteiger partial charge in [0.2, 0.25) is 11.8 Å². The number of fused-ring (bicyclic) bond motifs is 1. The first-order valence-corrected chi connectivity index (χ1v) is 11.8. The molecule has 2 heterocycles. The van der Waals surface area contributed by atoms with Crippen LogP contribution in [-0.4, -0.2) is 43.2 Å². The monoisotopic (exact) mass is 470 g/mol. The molecule has 0 aliphatic heterocycles. The van der Waals surface area contributed by atoms with Gasteiger partial charge in [-0.25, -0.2) is 4.68 Å². The smallest absolute Gasteiger partial charge is 0.247 e. The van der Waals surface area contributed by atoms with Gasteiger partial charge in [0.05, 0.1) is 5.52 Å². The second-order valence-electron chi connectivity index (χ2n) is 8.91. The Morgan fingerprint density at radius 1 is 1.00 bits per heavy atom. The molecular formula is C27H30N6O2. The molecule has 0 aliphatic rings. The molecule has 0 unspecified atom stereocenters. The molecule has 180 valence electrons. The van der Waals surface area contributed by atoms with Crippen molar-refractivity contribution in [2.24, 2.45) is 5.92 Å². The van der Waals surface area contributed by atoms with E-state index in [1.54, 1.807) is 28.0 Å². The van der Waals surface area contributed by atoms with Gasteiger partial charge >= 0.3 is 0 Å². The summed E-state index contributed by atoms with van der Waals surface area (Å²) in [5.74, 6) is -0.0152. The minimum absolute atomic E-state index is 0.0383. The summed E-state index contributed by atoms with van der Waals surface area (Å²) in [6.45, 7) is 4.98. The van der Waals surface area contributed by atoms with Gasteiger partial charge in [-0.1, -0.05) is 67.6 Å². The van der Waals surface area contributed by atoms with Crippen LogP contribution in [0.1, 0.15) is 37.4 Å². The van der Waals surface area contributed by atoms with Crippen LogP contribution in [0.25, 0.3) is 11.0 Å². The Morgan fingerprint density at radius 3 is 2.51 bits per heavy atom. The Balaban J connectivity index is 1.68. The molecule has 0 spiro atoms. The largest absolute Gasteiger partial charge is 0.354 e. The van der Waals surface area contributed by atoms with E-state index in [2.05, 4.69) is 34.5 Å². The van der Waals surface area contributed by atoms with E-state index in [9.17, 15) is 9.59 Å². The van der Waals surface area contributed by atoms with Crippen LogP contribution < -0.4 is 5.32 Å². The number of nitrogens with one attached hydrogen (secondary N) is 1. The van der Waals surface area contributed by atoms with Crippen LogP contribution >= 0.6 is 0 Å². The van der Waals surface area contributed by atoms with Crippen LogP contribution in [-0.2, 0) is 22.7 Å². The molecule has 0 radical (unpaired) electrons. The van der Waals surface area contributed by atoms with Crippen LogP contribution in [0.5, 0.6) is 0 Å². The van der Waals surface area contributed by atoms with Gasteiger partial charge in [0.25, 0.3) is 0 Å². The molecule has 0 saturated heterocycles. The van der Waals surface area contributed by atoms with Crippen LogP contribution in [0.3, 0.4) is 0 Å². The summed E-state index contributed by atoms with van der Waals surface area (Å²) in [7, 11) is 0. The highest BCUT2D eigenvalue weighted by atomic mass is 16.2. The molecule has 8 nitrogen and oxygen atoms in total. The summed E-state index contributed by atoms with van der Waals surface area (Å²) in [6, 6.07) is 19.9. The van der Waals surface area contributed by atoms with Crippen molar-refractivity contribution in [1.29, 1.82) is 0 Å². The first-order chi connectivity index (χ1) is 17.0. The van der Waals surface area contributed by atoms with E-state index >= 15 is 0 Å². The average Bonchev–Trinajstić information content (AvgIpc) is 3.27. The lowest BCUT2D eigenvalue weighted by atomic mass is 10.0. The summed E-state index contributed by atoms with van der Waals surface area (Å²) < 4.78 is 1.58. The van der Waals surface area contributed by atoms with Crippen molar-refractivity contribution >= 4 is 22.8 Å². The van der Waals surface area contributed by atoms with Crippen LogP contribution in [0.15, 0.2) is 79.1 Å². The number of carbonyl (C=O) groups excluding carboxylic acids is 2. The Morgan fingerprint density at radius 2 is 1.77 bits per heavy atom. The van der Waals surface area contributed by atoms with Crippen molar-refractivity contribution in [2.45, 2.75) is 39.4 Å². The predicted molar refractivity (Wildman–Crippen MR) is 134 cm³/mol. The standard InChI is InChI=1S/C27H30N6O2/c1-20(2)14-16-29-27(35)26(22-11-8-15-28-17-22)32(18-21-9-4-3-5-10-21)25(34)19-33-24-13-7-6-12-23(24)30-31-33/h3-13,15,17,20,26H,14,16,18-19H2,1-2H3,(H,29,35)/t26-/m1/s1. The zero-order chi connectivity index (χ0) is 24.6. The number of carbonyl (C=O) groups is 2. The van der Waals surface area contributed by atoms with Gasteiger partial charge in [0.15, 0.2) is 0 Å². The minimum atomic E-state index is -0.835. The third-order valence-electron chi connectivity index (χ3n) is 5.80. The number of para-hydroxylation sites is 1. The first kappa shape index (κ1) is 24.1. The van der Waals surface area contributed by atoms with Crippen molar-refractivity contribution in [3.63, 3.8) is 0 Å². The number of aromatic nitrogens is 4. The van der Waals surface area contributed by atoms with E-state index in [1.807, 2.05) is 60.7 Å². The normalized spacial score (nSPS) is 12.0. The van der Waals surface area contributed by atoms with Crippen LogP contribution in [0, 0.1) is 5.92 Å². The fourth-order valence-corrected chi connectivity index (χ4v) is 3.95. The Labute approximate surface area is 205 Å². The highest BCUT2D eigenvalue weighted by Crippen LogP contribution is 2.24. The summed E-state index contributed by atoms with van der Waals surface area (Å²) >= 11 is 0. The van der Waals surface area contributed by atoms with Crippen molar-refractivity contribution in [2.75, 3.05) is 6.54 Å². The molecule has 0 saturated carbocycles. The second kappa shape index (κ2) is 11.4. The fraction of sp³-hybridized carbons (Fsp3) is 0.296. The van der Waals surface area contributed by atoms with E-state index in [0.717, 1.165) is 17.5 Å². The number of amides is 2. The molecule has 0 bridgehead atoms. The average molecular weight is 471 g/mol. The van der Waals surface area contributed by atoms with E-state index in [-0.39, 0.29) is 24.9 Å². The zero-order valence-electron chi connectivity index (χ0n) is 20.0. The molecule has 2 aromatic heterocycles. The first-order valence-electron chi connectivity index (χ1n) is 11.8. The number of nitrogens with zero attached hydrogens (tertiary/aromatic N) is 5. The number of hydrogen-bond acceptors (Lipinski definition) is 5. The molecule has 0 fully saturated rings. The number of hydrogen-bond donors (Lipinski definition) is 1. The van der Waals surface area contributed by atoms with Crippen molar-refractivity contribution in [1.82, 2.24) is 30.2 Å². The lowest BCUT2D eigenvalue weighted by molar-refractivity contribution is -0.142. The summed E-state index contributed by atoms with van der Waals surface area (Å²) in [6.07, 6.45) is 4.15. The van der Waals surface area contributed by atoms with Gasteiger partial charge in [0.1, 0.15) is 18.1 Å². The fourth-order valence-electron chi connectivity index (χ4n) is 3.95. The quantitative estimate of drug-likeness (QED) is 0.381. The maximum Gasteiger partial charge on any atom is 0.247 e. The van der Waals surface area contributed by atoms with Gasteiger partial charge in [-0.2, -0.15) is 0 Å². The van der Waals surface area contributed by atoms with Gasteiger partial charge in [-0.05, 0) is 36.1 Å². The Hall–Kier alpha value is -4.07. The van der Waals surface area contributed by atoms with Crippen molar-refractivity contribution in [3.8, 4) is 0 Å².